The Kier molecular flexibility index (Phi) is 8.07. The molecular weight excluding hydrogens is 378 g/mol. The normalized spacial score (nSPS) is 10.2. The number of anilines is 1. The molecule has 0 unspecified atom stereocenters. The Morgan fingerprint density at radius 2 is 1.68 bits per heavy atom. The van der Waals surface area contributed by atoms with Crippen molar-refractivity contribution in [2.75, 3.05) is 24.3 Å². The number of thioether (sulfide) groups is 1. The zero-order valence-electron chi connectivity index (χ0n) is 16.1. The maximum absolute atomic E-state index is 11.9. The summed E-state index contributed by atoms with van der Waals surface area (Å²) in [5.41, 5.74) is 3.25. The van der Waals surface area contributed by atoms with E-state index in [1.807, 2.05) is 32.0 Å². The van der Waals surface area contributed by atoms with Gasteiger partial charge in [-0.15, -0.1) is 11.8 Å². The fourth-order valence-electron chi connectivity index (χ4n) is 2.23. The molecule has 28 heavy (non-hydrogen) atoms. The van der Waals surface area contributed by atoms with Crippen molar-refractivity contribution in [2.45, 2.75) is 25.7 Å². The van der Waals surface area contributed by atoms with E-state index in [1.165, 1.54) is 17.3 Å². The molecule has 7 heteroatoms. The molecule has 0 heterocycles. The average Bonchev–Trinajstić information content (AvgIpc) is 2.68. The van der Waals surface area contributed by atoms with E-state index in [-0.39, 0.29) is 12.4 Å². The lowest BCUT2D eigenvalue weighted by Crippen LogP contribution is -2.21. The number of hydrogen-bond donors (Lipinski definition) is 1. The number of benzene rings is 2. The van der Waals surface area contributed by atoms with Gasteiger partial charge in [0.05, 0.1) is 17.9 Å². The van der Waals surface area contributed by atoms with E-state index in [9.17, 15) is 14.4 Å². The van der Waals surface area contributed by atoms with Gasteiger partial charge < -0.3 is 14.8 Å². The molecule has 1 N–H and O–H groups in total. The first-order valence-corrected chi connectivity index (χ1v) is 9.80. The van der Waals surface area contributed by atoms with Crippen LogP contribution in [0.25, 0.3) is 0 Å². The number of rotatable bonds is 8. The van der Waals surface area contributed by atoms with E-state index in [2.05, 4.69) is 5.32 Å². The van der Waals surface area contributed by atoms with Crippen LogP contribution >= 0.6 is 11.8 Å². The smallest absolute Gasteiger partial charge is 0.338 e. The third-order valence-electron chi connectivity index (χ3n) is 3.88. The molecule has 0 aliphatic carbocycles. The molecule has 6 nitrogen and oxygen atoms in total. The van der Waals surface area contributed by atoms with Crippen molar-refractivity contribution < 1.29 is 23.9 Å². The molecule has 0 bridgehead atoms. The molecule has 0 radical (unpaired) electrons. The standard InChI is InChI=1S/C21H23NO5S/c1-4-26-21(25)16-6-8-17(9-7-16)22-19(23)12-27-20(24)13-28-18-10-5-14(2)15(3)11-18/h5-11H,4,12-13H2,1-3H3,(H,22,23). The molecule has 2 aromatic rings. The number of hydrogen-bond acceptors (Lipinski definition) is 6. The molecule has 148 valence electrons. The van der Waals surface area contributed by atoms with Crippen molar-refractivity contribution >= 4 is 35.3 Å². The van der Waals surface area contributed by atoms with Crippen molar-refractivity contribution in [1.82, 2.24) is 0 Å². The van der Waals surface area contributed by atoms with E-state index in [0.29, 0.717) is 17.9 Å². The summed E-state index contributed by atoms with van der Waals surface area (Å²) in [6.07, 6.45) is 0. The number of esters is 2. The Hall–Kier alpha value is -2.80. The monoisotopic (exact) mass is 401 g/mol. The lowest BCUT2D eigenvalue weighted by atomic mass is 10.1. The van der Waals surface area contributed by atoms with Crippen LogP contribution in [0.1, 0.15) is 28.4 Å². The number of ether oxygens (including phenoxy) is 2. The van der Waals surface area contributed by atoms with Crippen LogP contribution in [-0.2, 0) is 19.1 Å². The topological polar surface area (TPSA) is 81.7 Å². The Morgan fingerprint density at radius 3 is 2.32 bits per heavy atom. The number of carbonyl (C=O) groups is 3. The van der Waals surface area contributed by atoms with E-state index in [4.69, 9.17) is 9.47 Å². The molecule has 0 fully saturated rings. The summed E-state index contributed by atoms with van der Waals surface area (Å²) in [4.78, 5) is 36.3. The largest absolute Gasteiger partial charge is 0.462 e. The Labute approximate surface area is 168 Å². The van der Waals surface area contributed by atoms with Gasteiger partial charge in [0.25, 0.3) is 5.91 Å². The predicted molar refractivity (Wildman–Crippen MR) is 109 cm³/mol. The van der Waals surface area contributed by atoms with Crippen LogP contribution in [0.15, 0.2) is 47.4 Å². The maximum Gasteiger partial charge on any atom is 0.338 e. The first-order chi connectivity index (χ1) is 13.4. The quantitative estimate of drug-likeness (QED) is 0.536. The zero-order chi connectivity index (χ0) is 20.5. The summed E-state index contributed by atoms with van der Waals surface area (Å²) in [6, 6.07) is 12.2. The fraction of sp³-hybridized carbons (Fsp3) is 0.286. The Bertz CT molecular complexity index is 848. The van der Waals surface area contributed by atoms with Crippen molar-refractivity contribution in [1.29, 1.82) is 0 Å². The summed E-state index contributed by atoms with van der Waals surface area (Å²) in [7, 11) is 0. The summed E-state index contributed by atoms with van der Waals surface area (Å²) in [5.74, 6) is -1.20. The van der Waals surface area contributed by atoms with Gasteiger partial charge in [0.1, 0.15) is 0 Å². The van der Waals surface area contributed by atoms with Crippen LogP contribution in [0.3, 0.4) is 0 Å². The lowest BCUT2D eigenvalue weighted by molar-refractivity contribution is -0.144. The van der Waals surface area contributed by atoms with Gasteiger partial charge in [-0.3, -0.25) is 9.59 Å². The Balaban J connectivity index is 1.74. The fourth-order valence-corrected chi connectivity index (χ4v) is 3.03. The van der Waals surface area contributed by atoms with Gasteiger partial charge in [-0.1, -0.05) is 6.07 Å². The van der Waals surface area contributed by atoms with Gasteiger partial charge in [-0.25, -0.2) is 4.79 Å². The highest BCUT2D eigenvalue weighted by molar-refractivity contribution is 8.00. The van der Waals surface area contributed by atoms with Crippen LogP contribution in [0.5, 0.6) is 0 Å². The minimum Gasteiger partial charge on any atom is -0.462 e. The predicted octanol–water partition coefficient (Wildman–Crippen LogP) is 3.75. The molecule has 0 saturated heterocycles. The molecule has 0 spiro atoms. The summed E-state index contributed by atoms with van der Waals surface area (Å²) in [5, 5.41) is 2.61. The van der Waals surface area contributed by atoms with E-state index >= 15 is 0 Å². The molecule has 0 aromatic heterocycles. The second-order valence-electron chi connectivity index (χ2n) is 6.04. The minimum atomic E-state index is -0.462. The highest BCUT2D eigenvalue weighted by Gasteiger charge is 2.10. The molecule has 2 rings (SSSR count). The van der Waals surface area contributed by atoms with Crippen LogP contribution in [0.2, 0.25) is 0 Å². The van der Waals surface area contributed by atoms with Crippen LogP contribution in [-0.4, -0.2) is 36.8 Å². The van der Waals surface area contributed by atoms with Crippen LogP contribution in [0.4, 0.5) is 5.69 Å². The number of nitrogens with one attached hydrogen (secondary N) is 1. The molecule has 0 saturated carbocycles. The number of carbonyl (C=O) groups excluding carboxylic acids is 3. The van der Waals surface area contributed by atoms with Crippen LogP contribution < -0.4 is 5.32 Å². The van der Waals surface area contributed by atoms with Crippen LogP contribution in [0, 0.1) is 13.8 Å². The van der Waals surface area contributed by atoms with Gasteiger partial charge in [-0.05, 0) is 68.3 Å². The Morgan fingerprint density at radius 1 is 0.964 bits per heavy atom. The average molecular weight is 401 g/mol. The molecule has 0 aliphatic rings. The highest BCUT2D eigenvalue weighted by Crippen LogP contribution is 2.21. The minimum absolute atomic E-state index is 0.129. The highest BCUT2D eigenvalue weighted by atomic mass is 32.2. The van der Waals surface area contributed by atoms with Gasteiger partial charge in [-0.2, -0.15) is 0 Å². The lowest BCUT2D eigenvalue weighted by Gasteiger charge is -2.08. The summed E-state index contributed by atoms with van der Waals surface area (Å²) >= 11 is 1.37. The second-order valence-corrected chi connectivity index (χ2v) is 7.09. The first kappa shape index (κ1) is 21.5. The molecule has 2 aromatic carbocycles. The van der Waals surface area contributed by atoms with Gasteiger partial charge >= 0.3 is 11.9 Å². The first-order valence-electron chi connectivity index (χ1n) is 8.81. The van der Waals surface area contributed by atoms with E-state index in [1.54, 1.807) is 31.2 Å². The van der Waals surface area contributed by atoms with Crippen molar-refractivity contribution in [2.24, 2.45) is 0 Å². The van der Waals surface area contributed by atoms with Gasteiger partial charge in [0, 0.05) is 10.6 Å². The SMILES string of the molecule is CCOC(=O)c1ccc(NC(=O)COC(=O)CSc2ccc(C)c(C)c2)cc1. The zero-order valence-corrected chi connectivity index (χ0v) is 16.9. The summed E-state index contributed by atoms with van der Waals surface area (Å²) in [6.45, 7) is 5.70. The van der Waals surface area contributed by atoms with Crippen molar-refractivity contribution in [3.8, 4) is 0 Å². The third kappa shape index (κ3) is 6.74. The van der Waals surface area contributed by atoms with Gasteiger partial charge in [0.2, 0.25) is 0 Å². The second kappa shape index (κ2) is 10.5. The number of amides is 1. The molecule has 1 amide bonds. The molecular formula is C21H23NO5S. The van der Waals surface area contributed by atoms with E-state index < -0.39 is 17.8 Å². The van der Waals surface area contributed by atoms with E-state index in [0.717, 1.165) is 10.5 Å². The van der Waals surface area contributed by atoms with Crippen molar-refractivity contribution in [3.63, 3.8) is 0 Å². The third-order valence-corrected chi connectivity index (χ3v) is 4.85. The maximum atomic E-state index is 11.9. The molecule has 0 aliphatic heterocycles. The number of aryl methyl sites for hydroxylation is 2. The van der Waals surface area contributed by atoms with Gasteiger partial charge in [0.15, 0.2) is 6.61 Å². The van der Waals surface area contributed by atoms with Crippen molar-refractivity contribution in [3.05, 3.63) is 59.2 Å². The summed E-state index contributed by atoms with van der Waals surface area (Å²) < 4.78 is 9.89. The molecule has 0 atom stereocenters.